The summed E-state index contributed by atoms with van der Waals surface area (Å²) in [6, 6.07) is 5.36. The molecular weight excluding hydrogens is 260 g/mol. The molecule has 5 heteroatoms. The molecule has 1 fully saturated rings. The van der Waals surface area contributed by atoms with Crippen LogP contribution in [0.5, 0.6) is 11.5 Å². The minimum atomic E-state index is -0.733. The highest BCUT2D eigenvalue weighted by Gasteiger charge is 2.19. The third kappa shape index (κ3) is 3.85. The molecule has 0 aliphatic carbocycles. The van der Waals surface area contributed by atoms with Crippen LogP contribution >= 0.6 is 0 Å². The van der Waals surface area contributed by atoms with Gasteiger partial charge in [-0.25, -0.2) is 0 Å². The predicted molar refractivity (Wildman–Crippen MR) is 74.3 cm³/mol. The summed E-state index contributed by atoms with van der Waals surface area (Å²) < 4.78 is 21.5. The molecule has 2 rings (SSSR count). The van der Waals surface area contributed by atoms with Crippen LogP contribution in [0.3, 0.4) is 0 Å². The van der Waals surface area contributed by atoms with E-state index in [1.165, 1.54) is 0 Å². The summed E-state index contributed by atoms with van der Waals surface area (Å²) in [6.45, 7) is 1.70. The van der Waals surface area contributed by atoms with Crippen LogP contribution in [0.2, 0.25) is 0 Å². The van der Waals surface area contributed by atoms with Gasteiger partial charge in [0.15, 0.2) is 0 Å². The molecule has 1 saturated heterocycles. The van der Waals surface area contributed by atoms with Crippen LogP contribution in [0.25, 0.3) is 0 Å². The molecule has 1 aliphatic rings. The molecule has 1 heterocycles. The molecule has 1 aliphatic heterocycles. The van der Waals surface area contributed by atoms with E-state index in [0.29, 0.717) is 17.1 Å². The van der Waals surface area contributed by atoms with E-state index in [9.17, 15) is 5.11 Å². The van der Waals surface area contributed by atoms with Crippen LogP contribution < -0.4 is 9.47 Å². The van der Waals surface area contributed by atoms with Crippen molar-refractivity contribution in [2.24, 2.45) is 0 Å². The highest BCUT2D eigenvalue weighted by Crippen LogP contribution is 2.30. The number of ether oxygens (including phenoxy) is 4. The topological polar surface area (TPSA) is 57.2 Å². The fourth-order valence-electron chi connectivity index (χ4n) is 2.26. The minimum absolute atomic E-state index is 0.162. The molecule has 20 heavy (non-hydrogen) atoms. The van der Waals surface area contributed by atoms with Crippen molar-refractivity contribution < 1.29 is 24.1 Å². The van der Waals surface area contributed by atoms with Gasteiger partial charge in [0, 0.05) is 18.8 Å². The van der Waals surface area contributed by atoms with Crippen molar-refractivity contribution in [2.45, 2.75) is 25.0 Å². The van der Waals surface area contributed by atoms with E-state index in [2.05, 4.69) is 0 Å². The number of aliphatic hydroxyl groups is 1. The molecular formula is C15H22O5. The first-order chi connectivity index (χ1) is 9.74. The Morgan fingerprint density at radius 1 is 1.25 bits per heavy atom. The first kappa shape index (κ1) is 15.1. The van der Waals surface area contributed by atoms with Crippen molar-refractivity contribution in [1.29, 1.82) is 0 Å². The second kappa shape index (κ2) is 7.47. The van der Waals surface area contributed by atoms with Gasteiger partial charge >= 0.3 is 0 Å². The van der Waals surface area contributed by atoms with E-state index in [0.717, 1.165) is 26.1 Å². The smallest absolute Gasteiger partial charge is 0.125 e. The highest BCUT2D eigenvalue weighted by atomic mass is 16.5. The van der Waals surface area contributed by atoms with Crippen LogP contribution in [0.4, 0.5) is 0 Å². The van der Waals surface area contributed by atoms with Crippen molar-refractivity contribution in [3.63, 3.8) is 0 Å². The van der Waals surface area contributed by atoms with E-state index >= 15 is 0 Å². The fourth-order valence-corrected chi connectivity index (χ4v) is 2.26. The Labute approximate surface area is 119 Å². The number of aliphatic hydroxyl groups excluding tert-OH is 1. The standard InChI is InChI=1S/C15H22O5/c1-17-12-3-4-15(18-2)13(9-12)14(16)10-20-11-5-7-19-8-6-11/h3-4,9,11,14,16H,5-8,10H2,1-2H3. The van der Waals surface area contributed by atoms with Gasteiger partial charge in [-0.1, -0.05) is 0 Å². The van der Waals surface area contributed by atoms with Gasteiger partial charge in [-0.15, -0.1) is 0 Å². The Morgan fingerprint density at radius 3 is 2.65 bits per heavy atom. The molecule has 1 atom stereocenters. The lowest BCUT2D eigenvalue weighted by molar-refractivity contribution is -0.0601. The lowest BCUT2D eigenvalue weighted by Gasteiger charge is -2.24. The molecule has 1 aromatic carbocycles. The summed E-state index contributed by atoms with van der Waals surface area (Å²) in [7, 11) is 3.17. The molecule has 0 radical (unpaired) electrons. The van der Waals surface area contributed by atoms with Crippen molar-refractivity contribution in [3.8, 4) is 11.5 Å². The molecule has 1 aromatic rings. The molecule has 0 bridgehead atoms. The summed E-state index contributed by atoms with van der Waals surface area (Å²) in [4.78, 5) is 0. The summed E-state index contributed by atoms with van der Waals surface area (Å²) in [5.41, 5.74) is 0.680. The van der Waals surface area contributed by atoms with Crippen LogP contribution in [-0.4, -0.2) is 45.3 Å². The molecule has 0 spiro atoms. The Kier molecular flexibility index (Phi) is 5.64. The molecule has 0 saturated carbocycles. The van der Waals surface area contributed by atoms with Crippen LogP contribution in [0.15, 0.2) is 18.2 Å². The summed E-state index contributed by atoms with van der Waals surface area (Å²) in [5, 5.41) is 10.3. The van der Waals surface area contributed by atoms with E-state index in [1.807, 2.05) is 0 Å². The fraction of sp³-hybridized carbons (Fsp3) is 0.600. The zero-order valence-electron chi connectivity index (χ0n) is 12.0. The van der Waals surface area contributed by atoms with Crippen LogP contribution in [-0.2, 0) is 9.47 Å². The Balaban J connectivity index is 1.98. The quantitative estimate of drug-likeness (QED) is 0.864. The molecule has 0 aromatic heterocycles. The molecule has 112 valence electrons. The largest absolute Gasteiger partial charge is 0.497 e. The first-order valence-corrected chi connectivity index (χ1v) is 6.84. The highest BCUT2D eigenvalue weighted by molar-refractivity contribution is 5.41. The van der Waals surface area contributed by atoms with E-state index < -0.39 is 6.10 Å². The molecule has 1 N–H and O–H groups in total. The van der Waals surface area contributed by atoms with Gasteiger partial charge in [-0.05, 0) is 31.0 Å². The van der Waals surface area contributed by atoms with Gasteiger partial charge < -0.3 is 24.1 Å². The maximum Gasteiger partial charge on any atom is 0.125 e. The van der Waals surface area contributed by atoms with E-state index in [-0.39, 0.29) is 12.7 Å². The Hall–Kier alpha value is -1.30. The third-order valence-electron chi connectivity index (χ3n) is 3.45. The van der Waals surface area contributed by atoms with Crippen molar-refractivity contribution in [2.75, 3.05) is 34.0 Å². The number of rotatable bonds is 6. The van der Waals surface area contributed by atoms with Crippen molar-refractivity contribution in [3.05, 3.63) is 23.8 Å². The zero-order chi connectivity index (χ0) is 14.4. The van der Waals surface area contributed by atoms with Crippen molar-refractivity contribution in [1.82, 2.24) is 0 Å². The number of hydrogen-bond donors (Lipinski definition) is 1. The third-order valence-corrected chi connectivity index (χ3v) is 3.45. The Bertz CT molecular complexity index is 415. The second-order valence-electron chi connectivity index (χ2n) is 4.77. The number of benzene rings is 1. The van der Waals surface area contributed by atoms with E-state index in [4.69, 9.17) is 18.9 Å². The SMILES string of the molecule is COc1ccc(OC)c(C(O)COC2CCOCC2)c1. The van der Waals surface area contributed by atoms with Gasteiger partial charge in [-0.3, -0.25) is 0 Å². The van der Waals surface area contributed by atoms with Gasteiger partial charge in [0.2, 0.25) is 0 Å². The summed E-state index contributed by atoms with van der Waals surface area (Å²) in [5.74, 6) is 1.32. The van der Waals surface area contributed by atoms with E-state index in [1.54, 1.807) is 32.4 Å². The predicted octanol–water partition coefficient (Wildman–Crippen LogP) is 1.93. The zero-order valence-corrected chi connectivity index (χ0v) is 12.0. The normalized spacial score (nSPS) is 17.8. The maximum atomic E-state index is 10.3. The van der Waals surface area contributed by atoms with Crippen LogP contribution in [0.1, 0.15) is 24.5 Å². The molecule has 5 nitrogen and oxygen atoms in total. The van der Waals surface area contributed by atoms with Crippen LogP contribution in [0, 0.1) is 0 Å². The monoisotopic (exact) mass is 282 g/mol. The van der Waals surface area contributed by atoms with Gasteiger partial charge in [0.05, 0.1) is 26.9 Å². The second-order valence-corrected chi connectivity index (χ2v) is 4.77. The summed E-state index contributed by atoms with van der Waals surface area (Å²) in [6.07, 6.45) is 1.18. The summed E-state index contributed by atoms with van der Waals surface area (Å²) >= 11 is 0. The Morgan fingerprint density at radius 2 is 2.00 bits per heavy atom. The van der Waals surface area contributed by atoms with Crippen molar-refractivity contribution >= 4 is 0 Å². The molecule has 0 amide bonds. The lowest BCUT2D eigenvalue weighted by Crippen LogP contribution is -2.25. The number of methoxy groups -OCH3 is 2. The molecule has 1 unspecified atom stereocenters. The van der Waals surface area contributed by atoms with Gasteiger partial charge in [0.25, 0.3) is 0 Å². The minimum Gasteiger partial charge on any atom is -0.497 e. The first-order valence-electron chi connectivity index (χ1n) is 6.84. The lowest BCUT2D eigenvalue weighted by atomic mass is 10.1. The maximum absolute atomic E-state index is 10.3. The average molecular weight is 282 g/mol. The average Bonchev–Trinajstić information content (AvgIpc) is 2.52. The van der Waals surface area contributed by atoms with Gasteiger partial charge in [-0.2, -0.15) is 0 Å². The number of hydrogen-bond acceptors (Lipinski definition) is 5. The van der Waals surface area contributed by atoms with Gasteiger partial charge in [0.1, 0.15) is 17.6 Å².